The Morgan fingerprint density at radius 2 is 2.00 bits per heavy atom. The molecule has 1 aliphatic heterocycles. The standard InChI is InChI=1S/C22H29N3O2/c1-18-7-9-20(10-8-18)21(25-12-14-27-15-13-25)17-24-22(26)6-2-4-19-5-3-11-23-16-19/h3,5,7-11,16,21H,2,4,6,12-15,17H2,1H3,(H,24,26). The van der Waals surface area contributed by atoms with Crippen molar-refractivity contribution in [1.29, 1.82) is 0 Å². The molecule has 0 bridgehead atoms. The molecule has 2 aromatic rings. The summed E-state index contributed by atoms with van der Waals surface area (Å²) in [6, 6.07) is 12.8. The summed E-state index contributed by atoms with van der Waals surface area (Å²) in [6.07, 6.45) is 5.89. The summed E-state index contributed by atoms with van der Waals surface area (Å²) in [6.45, 7) is 6.03. The second-order valence-corrected chi connectivity index (χ2v) is 7.09. The lowest BCUT2D eigenvalue weighted by Crippen LogP contribution is -2.43. The Morgan fingerprint density at radius 3 is 2.70 bits per heavy atom. The Balaban J connectivity index is 1.52. The van der Waals surface area contributed by atoms with Gasteiger partial charge in [0.15, 0.2) is 0 Å². The van der Waals surface area contributed by atoms with E-state index in [1.807, 2.05) is 12.3 Å². The van der Waals surface area contributed by atoms with Crippen molar-refractivity contribution in [3.8, 4) is 0 Å². The van der Waals surface area contributed by atoms with E-state index in [0.717, 1.165) is 39.1 Å². The van der Waals surface area contributed by atoms with Gasteiger partial charge < -0.3 is 10.1 Å². The van der Waals surface area contributed by atoms with Gasteiger partial charge in [0.25, 0.3) is 0 Å². The van der Waals surface area contributed by atoms with Crippen LogP contribution < -0.4 is 5.32 Å². The zero-order valence-corrected chi connectivity index (χ0v) is 16.1. The number of hydrogen-bond acceptors (Lipinski definition) is 4. The van der Waals surface area contributed by atoms with Crippen molar-refractivity contribution in [3.05, 3.63) is 65.5 Å². The van der Waals surface area contributed by atoms with Crippen LogP contribution in [0.2, 0.25) is 0 Å². The SMILES string of the molecule is Cc1ccc(C(CNC(=O)CCCc2cccnc2)N2CCOCC2)cc1. The summed E-state index contributed by atoms with van der Waals surface area (Å²) in [5, 5.41) is 3.14. The third kappa shape index (κ3) is 6.15. The highest BCUT2D eigenvalue weighted by atomic mass is 16.5. The minimum atomic E-state index is 0.115. The predicted molar refractivity (Wildman–Crippen MR) is 106 cm³/mol. The van der Waals surface area contributed by atoms with Crippen molar-refractivity contribution in [2.24, 2.45) is 0 Å². The molecule has 1 atom stereocenters. The van der Waals surface area contributed by atoms with Crippen molar-refractivity contribution in [2.75, 3.05) is 32.8 Å². The Hall–Kier alpha value is -2.24. The molecule has 1 fully saturated rings. The predicted octanol–water partition coefficient (Wildman–Crippen LogP) is 2.90. The van der Waals surface area contributed by atoms with Crippen LogP contribution in [0, 0.1) is 6.92 Å². The summed E-state index contributed by atoms with van der Waals surface area (Å²) in [5.41, 5.74) is 3.67. The number of amides is 1. The van der Waals surface area contributed by atoms with E-state index in [1.54, 1.807) is 6.20 Å². The van der Waals surface area contributed by atoms with E-state index in [9.17, 15) is 4.79 Å². The minimum Gasteiger partial charge on any atom is -0.379 e. The average molecular weight is 367 g/mol. The molecule has 1 aliphatic rings. The number of carbonyl (C=O) groups is 1. The van der Waals surface area contributed by atoms with Gasteiger partial charge in [-0.1, -0.05) is 35.9 Å². The number of ether oxygens (including phenoxy) is 1. The monoisotopic (exact) mass is 367 g/mol. The van der Waals surface area contributed by atoms with Crippen LogP contribution in [0.3, 0.4) is 0 Å². The van der Waals surface area contributed by atoms with Crippen molar-refractivity contribution >= 4 is 5.91 Å². The van der Waals surface area contributed by atoms with E-state index < -0.39 is 0 Å². The van der Waals surface area contributed by atoms with Gasteiger partial charge >= 0.3 is 0 Å². The van der Waals surface area contributed by atoms with Gasteiger partial charge in [-0.3, -0.25) is 14.7 Å². The van der Waals surface area contributed by atoms with Gasteiger partial charge in [-0.05, 0) is 37.0 Å². The van der Waals surface area contributed by atoms with Crippen molar-refractivity contribution in [1.82, 2.24) is 15.2 Å². The van der Waals surface area contributed by atoms with Gasteiger partial charge in [0.1, 0.15) is 0 Å². The van der Waals surface area contributed by atoms with Gasteiger partial charge in [-0.15, -0.1) is 0 Å². The Kier molecular flexibility index (Phi) is 7.36. The number of rotatable bonds is 8. The second kappa shape index (κ2) is 10.2. The molecule has 1 N–H and O–H groups in total. The van der Waals surface area contributed by atoms with Gasteiger partial charge in [0.05, 0.1) is 19.3 Å². The highest BCUT2D eigenvalue weighted by Gasteiger charge is 2.23. The first-order chi connectivity index (χ1) is 13.2. The number of hydrogen-bond donors (Lipinski definition) is 1. The van der Waals surface area contributed by atoms with Crippen molar-refractivity contribution in [3.63, 3.8) is 0 Å². The number of nitrogens with one attached hydrogen (secondary N) is 1. The van der Waals surface area contributed by atoms with E-state index in [4.69, 9.17) is 4.74 Å². The number of carbonyl (C=O) groups excluding carboxylic acids is 1. The summed E-state index contributed by atoms with van der Waals surface area (Å²) >= 11 is 0. The lowest BCUT2D eigenvalue weighted by atomic mass is 10.0. The highest BCUT2D eigenvalue weighted by molar-refractivity contribution is 5.75. The smallest absolute Gasteiger partial charge is 0.220 e. The van der Waals surface area contributed by atoms with Gasteiger partial charge in [0.2, 0.25) is 5.91 Å². The molecule has 5 heteroatoms. The number of morpholine rings is 1. The summed E-state index contributed by atoms with van der Waals surface area (Å²) in [4.78, 5) is 18.9. The third-order valence-electron chi connectivity index (χ3n) is 5.03. The molecule has 5 nitrogen and oxygen atoms in total. The molecule has 1 unspecified atom stereocenters. The van der Waals surface area contributed by atoms with E-state index in [1.165, 1.54) is 16.7 Å². The summed E-state index contributed by atoms with van der Waals surface area (Å²) in [7, 11) is 0. The quantitative estimate of drug-likeness (QED) is 0.779. The molecule has 0 radical (unpaired) electrons. The topological polar surface area (TPSA) is 54.5 Å². The molecule has 1 amide bonds. The van der Waals surface area contributed by atoms with E-state index in [-0.39, 0.29) is 11.9 Å². The zero-order chi connectivity index (χ0) is 18.9. The number of benzene rings is 1. The fraction of sp³-hybridized carbons (Fsp3) is 0.455. The van der Waals surface area contributed by atoms with Crippen LogP contribution in [0.1, 0.15) is 35.6 Å². The maximum atomic E-state index is 12.3. The maximum Gasteiger partial charge on any atom is 0.220 e. The van der Waals surface area contributed by atoms with Crippen LogP contribution in [0.4, 0.5) is 0 Å². The van der Waals surface area contributed by atoms with Crippen LogP contribution in [0.25, 0.3) is 0 Å². The molecule has 144 valence electrons. The molecule has 1 saturated heterocycles. The molecular weight excluding hydrogens is 338 g/mol. The lowest BCUT2D eigenvalue weighted by molar-refractivity contribution is -0.121. The maximum absolute atomic E-state index is 12.3. The molecule has 27 heavy (non-hydrogen) atoms. The number of pyridine rings is 1. The van der Waals surface area contributed by atoms with Gasteiger partial charge in [-0.25, -0.2) is 0 Å². The molecule has 0 aliphatic carbocycles. The Bertz CT molecular complexity index is 697. The summed E-state index contributed by atoms with van der Waals surface area (Å²) in [5.74, 6) is 0.115. The van der Waals surface area contributed by atoms with Crippen LogP contribution in [0.5, 0.6) is 0 Å². The number of aromatic nitrogens is 1. The Morgan fingerprint density at radius 1 is 1.22 bits per heavy atom. The Labute approximate surface area is 161 Å². The van der Waals surface area contributed by atoms with Gasteiger partial charge in [-0.2, -0.15) is 0 Å². The first-order valence-corrected chi connectivity index (χ1v) is 9.76. The lowest BCUT2D eigenvalue weighted by Gasteiger charge is -2.35. The fourth-order valence-corrected chi connectivity index (χ4v) is 3.43. The highest BCUT2D eigenvalue weighted by Crippen LogP contribution is 2.22. The normalized spacial score (nSPS) is 16.0. The molecule has 3 rings (SSSR count). The first-order valence-electron chi connectivity index (χ1n) is 9.76. The van der Waals surface area contributed by atoms with Crippen LogP contribution >= 0.6 is 0 Å². The largest absolute Gasteiger partial charge is 0.379 e. The number of nitrogens with zero attached hydrogens (tertiary/aromatic N) is 2. The van der Waals surface area contributed by atoms with Crippen molar-refractivity contribution in [2.45, 2.75) is 32.2 Å². The van der Waals surface area contributed by atoms with Crippen LogP contribution in [-0.4, -0.2) is 48.6 Å². The molecule has 0 saturated carbocycles. The fourth-order valence-electron chi connectivity index (χ4n) is 3.43. The molecule has 1 aromatic heterocycles. The second-order valence-electron chi connectivity index (χ2n) is 7.09. The van der Waals surface area contributed by atoms with E-state index in [2.05, 4.69) is 52.5 Å². The van der Waals surface area contributed by atoms with Crippen LogP contribution in [-0.2, 0) is 16.0 Å². The number of aryl methyl sites for hydroxylation is 2. The summed E-state index contributed by atoms with van der Waals surface area (Å²) < 4.78 is 5.49. The third-order valence-corrected chi connectivity index (χ3v) is 5.03. The zero-order valence-electron chi connectivity index (χ0n) is 16.1. The van der Waals surface area contributed by atoms with Crippen molar-refractivity contribution < 1.29 is 9.53 Å². The first kappa shape index (κ1) is 19.5. The van der Waals surface area contributed by atoms with E-state index >= 15 is 0 Å². The average Bonchev–Trinajstić information content (AvgIpc) is 2.71. The van der Waals surface area contributed by atoms with Gasteiger partial charge in [0, 0.05) is 38.4 Å². The van der Waals surface area contributed by atoms with E-state index in [0.29, 0.717) is 13.0 Å². The molecule has 0 spiro atoms. The minimum absolute atomic E-state index is 0.115. The van der Waals surface area contributed by atoms with Crippen LogP contribution in [0.15, 0.2) is 48.8 Å². The molecular formula is C22H29N3O2. The molecule has 2 heterocycles. The molecule has 1 aromatic carbocycles.